The Morgan fingerprint density at radius 2 is 1.86 bits per heavy atom. The van der Waals surface area contributed by atoms with E-state index >= 15 is 0 Å². The summed E-state index contributed by atoms with van der Waals surface area (Å²) >= 11 is 2.79. The lowest BCUT2D eigenvalue weighted by molar-refractivity contribution is -0.161. The van der Waals surface area contributed by atoms with E-state index in [4.69, 9.17) is 9.57 Å². The van der Waals surface area contributed by atoms with Gasteiger partial charge in [-0.2, -0.15) is 5.21 Å². The molecule has 2 aromatic carbocycles. The second kappa shape index (κ2) is 10.3. The molecule has 0 radical (unpaired) electrons. The van der Waals surface area contributed by atoms with Crippen molar-refractivity contribution in [3.8, 4) is 0 Å². The smallest absolute Gasteiger partial charge is 0.316 e. The first-order chi connectivity index (χ1) is 17.5. The number of hydrogen-bond donors (Lipinski definition) is 1. The van der Waals surface area contributed by atoms with Gasteiger partial charge in [-0.3, -0.25) is 9.59 Å². The minimum absolute atomic E-state index is 0.188. The van der Waals surface area contributed by atoms with E-state index in [0.29, 0.717) is 16.6 Å². The Hall–Kier alpha value is -3.38. The van der Waals surface area contributed by atoms with Crippen molar-refractivity contribution in [2.75, 3.05) is 19.4 Å². The number of rotatable bonds is 8. The van der Waals surface area contributed by atoms with Crippen molar-refractivity contribution in [2.45, 2.75) is 28.8 Å². The van der Waals surface area contributed by atoms with Crippen molar-refractivity contribution in [1.29, 1.82) is 0 Å². The van der Waals surface area contributed by atoms with E-state index in [-0.39, 0.29) is 29.0 Å². The average molecular weight is 525 g/mol. The van der Waals surface area contributed by atoms with Crippen molar-refractivity contribution in [3.63, 3.8) is 0 Å². The third kappa shape index (κ3) is 4.46. The maximum Gasteiger partial charge on any atom is 0.316 e. The van der Waals surface area contributed by atoms with Crippen LogP contribution >= 0.6 is 23.5 Å². The van der Waals surface area contributed by atoms with Gasteiger partial charge in [-0.15, -0.1) is 22.0 Å². The van der Waals surface area contributed by atoms with Crippen molar-refractivity contribution in [2.24, 2.45) is 10.6 Å². The molecule has 5 rings (SSSR count). The van der Waals surface area contributed by atoms with Gasteiger partial charge in [-0.25, -0.2) is 0 Å². The van der Waals surface area contributed by atoms with Crippen molar-refractivity contribution in [1.82, 2.24) is 25.5 Å². The molecule has 0 bridgehead atoms. The third-order valence-electron chi connectivity index (χ3n) is 6.36. The summed E-state index contributed by atoms with van der Waals surface area (Å²) in [4.78, 5) is 33.4. The molecule has 3 atom stereocenters. The Kier molecular flexibility index (Phi) is 6.97. The average Bonchev–Trinajstić information content (AvgIpc) is 3.43. The molecule has 3 aromatic rings. The maximum atomic E-state index is 14.1. The number of nitrogens with one attached hydrogen (secondary N) is 1. The Morgan fingerprint density at radius 1 is 1.19 bits per heavy atom. The number of nitrogens with zero attached hydrogens (tertiary/aromatic N) is 5. The molecule has 1 N–H and O–H groups in total. The highest BCUT2D eigenvalue weighted by Crippen LogP contribution is 2.48. The monoisotopic (exact) mass is 524 g/mol. The molecule has 1 amide bonds. The zero-order valence-corrected chi connectivity index (χ0v) is 21.2. The van der Waals surface area contributed by atoms with Crippen LogP contribution in [0, 0.1) is 5.41 Å². The first kappa shape index (κ1) is 24.3. The molecule has 12 heteroatoms. The number of aromatic amines is 1. The van der Waals surface area contributed by atoms with Gasteiger partial charge in [-0.1, -0.05) is 84.5 Å². The SMILES string of the molecule is CON=C1C(=O)N2CC(C(=O)OC(c3ccccc3)c3ccccc3)(C(C)Sc3nn[nH]n3)CS[C@H]12. The molecule has 0 spiro atoms. The standard InChI is InChI=1S/C24H24N6O4S2/c1-15(36-23-25-28-29-26-23)24(13-30-20(31)18(27-33-2)21(30)35-14-24)22(32)34-19(16-9-5-3-6-10-16)17-11-7-4-8-12-17/h3-12,15,19,21H,13-14H2,1-2H3,(H,25,26,28,29)/t15?,21-,24?/m1/s1. The van der Waals surface area contributed by atoms with Crippen molar-refractivity contribution >= 4 is 41.1 Å². The van der Waals surface area contributed by atoms with Crippen molar-refractivity contribution in [3.05, 3.63) is 71.8 Å². The quantitative estimate of drug-likeness (QED) is 0.205. The number of benzene rings is 2. The number of β-lactam (4-membered cyclic amide) rings is 1. The summed E-state index contributed by atoms with van der Waals surface area (Å²) in [6, 6.07) is 19.3. The number of H-pyrrole nitrogens is 1. The molecule has 0 aliphatic carbocycles. The number of carbonyl (C=O) groups is 2. The zero-order chi connectivity index (χ0) is 25.1. The summed E-state index contributed by atoms with van der Waals surface area (Å²) in [5, 5.41) is 17.9. The first-order valence-electron chi connectivity index (χ1n) is 11.3. The highest BCUT2D eigenvalue weighted by atomic mass is 32.2. The van der Waals surface area contributed by atoms with Gasteiger partial charge in [0.25, 0.3) is 5.91 Å². The van der Waals surface area contributed by atoms with Crippen molar-refractivity contribution < 1.29 is 19.2 Å². The van der Waals surface area contributed by atoms with E-state index in [1.165, 1.54) is 30.6 Å². The molecule has 36 heavy (non-hydrogen) atoms. The molecule has 0 saturated carbocycles. The molecule has 2 aliphatic rings. The number of carbonyl (C=O) groups excluding carboxylic acids is 2. The third-order valence-corrected chi connectivity index (χ3v) is 9.02. The molecule has 3 heterocycles. The van der Waals surface area contributed by atoms with Gasteiger partial charge in [0.05, 0.1) is 0 Å². The summed E-state index contributed by atoms with van der Waals surface area (Å²) in [5.74, 6) is -0.212. The molecular weight excluding hydrogens is 500 g/mol. The fraction of sp³-hybridized carbons (Fsp3) is 0.333. The maximum absolute atomic E-state index is 14.1. The largest absolute Gasteiger partial charge is 0.452 e. The van der Waals surface area contributed by atoms with Crippen LogP contribution in [0.25, 0.3) is 0 Å². The minimum Gasteiger partial charge on any atom is -0.452 e. The Morgan fingerprint density at radius 3 is 2.44 bits per heavy atom. The molecule has 10 nitrogen and oxygen atoms in total. The Labute approximate surface area is 216 Å². The number of thioether (sulfide) groups is 2. The van der Waals surface area contributed by atoms with Gasteiger partial charge in [0.2, 0.25) is 5.16 Å². The molecule has 186 valence electrons. The van der Waals surface area contributed by atoms with Crippen LogP contribution in [0.5, 0.6) is 0 Å². The number of oxime groups is 1. The summed E-state index contributed by atoms with van der Waals surface area (Å²) in [7, 11) is 1.41. The number of ether oxygens (including phenoxy) is 1. The van der Waals surface area contributed by atoms with E-state index in [9.17, 15) is 9.59 Å². The second-order valence-corrected chi connectivity index (χ2v) is 10.8. The van der Waals surface area contributed by atoms with Crippen LogP contribution in [-0.2, 0) is 19.2 Å². The number of amides is 1. The molecule has 2 fully saturated rings. The van der Waals surface area contributed by atoms with E-state index in [2.05, 4.69) is 25.8 Å². The van der Waals surface area contributed by atoms with Gasteiger partial charge < -0.3 is 14.5 Å². The Bertz CT molecular complexity index is 1200. The number of aromatic nitrogens is 4. The number of fused-ring (bicyclic) bond motifs is 1. The first-order valence-corrected chi connectivity index (χ1v) is 13.2. The van der Waals surface area contributed by atoms with Crippen LogP contribution in [0.3, 0.4) is 0 Å². The summed E-state index contributed by atoms with van der Waals surface area (Å²) in [6.45, 7) is 2.12. The number of tetrazole rings is 1. The predicted molar refractivity (Wildman–Crippen MR) is 135 cm³/mol. The summed E-state index contributed by atoms with van der Waals surface area (Å²) in [6.07, 6.45) is -0.598. The highest BCUT2D eigenvalue weighted by Gasteiger charge is 2.59. The van der Waals surface area contributed by atoms with Crippen LogP contribution in [0.2, 0.25) is 0 Å². The summed E-state index contributed by atoms with van der Waals surface area (Å²) < 4.78 is 6.30. The number of esters is 1. The van der Waals surface area contributed by atoms with Crippen LogP contribution in [-0.4, -0.2) is 73.1 Å². The van der Waals surface area contributed by atoms with Gasteiger partial charge >= 0.3 is 5.97 Å². The lowest BCUT2D eigenvalue weighted by Gasteiger charge is -2.51. The molecule has 2 saturated heterocycles. The topological polar surface area (TPSA) is 123 Å². The summed E-state index contributed by atoms with van der Waals surface area (Å²) in [5.41, 5.74) is 1.06. The lowest BCUT2D eigenvalue weighted by atomic mass is 9.84. The van der Waals surface area contributed by atoms with E-state index in [1.807, 2.05) is 67.6 Å². The fourth-order valence-corrected chi connectivity index (χ4v) is 6.99. The zero-order valence-electron chi connectivity index (χ0n) is 19.6. The van der Waals surface area contributed by atoms with Gasteiger partial charge in [-0.05, 0) is 16.3 Å². The Balaban J connectivity index is 1.47. The molecular formula is C24H24N6O4S2. The number of hydrogen-bond acceptors (Lipinski definition) is 10. The minimum atomic E-state index is -1.03. The molecule has 2 unspecified atom stereocenters. The van der Waals surface area contributed by atoms with Crippen LogP contribution in [0.1, 0.15) is 24.2 Å². The molecule has 2 aliphatic heterocycles. The fourth-order valence-electron chi connectivity index (χ4n) is 4.34. The van der Waals surface area contributed by atoms with Crippen LogP contribution in [0.4, 0.5) is 0 Å². The highest BCUT2D eigenvalue weighted by molar-refractivity contribution is 8.01. The predicted octanol–water partition coefficient (Wildman–Crippen LogP) is 2.92. The van der Waals surface area contributed by atoms with E-state index < -0.39 is 11.5 Å². The lowest BCUT2D eigenvalue weighted by Crippen LogP contribution is -2.69. The van der Waals surface area contributed by atoms with Gasteiger partial charge in [0, 0.05) is 17.5 Å². The van der Waals surface area contributed by atoms with Gasteiger partial charge in [0.15, 0.2) is 11.8 Å². The van der Waals surface area contributed by atoms with Gasteiger partial charge in [0.1, 0.15) is 17.9 Å². The second-order valence-electron chi connectivity index (χ2n) is 8.47. The van der Waals surface area contributed by atoms with E-state index in [0.717, 1.165) is 11.1 Å². The van der Waals surface area contributed by atoms with Crippen LogP contribution in [0.15, 0.2) is 71.0 Å². The van der Waals surface area contributed by atoms with E-state index in [1.54, 1.807) is 4.90 Å². The van der Waals surface area contributed by atoms with Crippen LogP contribution < -0.4 is 0 Å². The molecule has 1 aromatic heterocycles. The normalized spacial score (nSPS) is 23.2.